The summed E-state index contributed by atoms with van der Waals surface area (Å²) in [5, 5.41) is 2.53. The fourth-order valence-electron chi connectivity index (χ4n) is 3.44. The number of benzene rings is 3. The molecule has 6 N–H and O–H groups in total. The summed E-state index contributed by atoms with van der Waals surface area (Å²) in [6, 6.07) is 21.8. The summed E-state index contributed by atoms with van der Waals surface area (Å²) >= 11 is 0. The van der Waals surface area contributed by atoms with Crippen LogP contribution in [0.3, 0.4) is 0 Å². The first kappa shape index (κ1) is 23.8. The lowest BCUT2D eigenvalue weighted by Crippen LogP contribution is -2.16. The van der Waals surface area contributed by atoms with Crippen LogP contribution in [0.5, 0.6) is 0 Å². The molecule has 0 spiro atoms. The van der Waals surface area contributed by atoms with Gasteiger partial charge in [0.15, 0.2) is 0 Å². The maximum Gasteiger partial charge on any atom is 0.261 e. The van der Waals surface area contributed by atoms with E-state index in [0.29, 0.717) is 24.6 Å². The zero-order chi connectivity index (χ0) is 24.8. The molecular formula is C26H23F2N5O2. The van der Waals surface area contributed by atoms with Gasteiger partial charge in [0.05, 0.1) is 24.6 Å². The SMILES string of the molecule is NNc1ccc(-c2ccc(F)c(C(=O)Nc3ccc(COCc4ccccc4)cc3)c2F)nc1N. The van der Waals surface area contributed by atoms with Gasteiger partial charge in [0.25, 0.3) is 5.91 Å². The molecule has 9 heteroatoms. The molecule has 0 aliphatic heterocycles. The summed E-state index contributed by atoms with van der Waals surface area (Å²) in [4.78, 5) is 16.8. The fourth-order valence-corrected chi connectivity index (χ4v) is 3.44. The van der Waals surface area contributed by atoms with Crippen molar-refractivity contribution in [2.45, 2.75) is 13.2 Å². The highest BCUT2D eigenvalue weighted by atomic mass is 19.1. The Balaban J connectivity index is 1.45. The number of carbonyl (C=O) groups is 1. The minimum Gasteiger partial charge on any atom is -0.382 e. The molecule has 0 atom stereocenters. The average molecular weight is 475 g/mol. The van der Waals surface area contributed by atoms with Crippen LogP contribution in [-0.2, 0) is 18.0 Å². The number of anilines is 3. The van der Waals surface area contributed by atoms with Crippen molar-refractivity contribution in [2.75, 3.05) is 16.5 Å². The molecule has 0 unspecified atom stereocenters. The van der Waals surface area contributed by atoms with Crippen LogP contribution in [0.2, 0.25) is 0 Å². The molecule has 0 saturated carbocycles. The minimum atomic E-state index is -1.05. The summed E-state index contributed by atoms with van der Waals surface area (Å²) in [5.74, 6) is 2.39. The minimum absolute atomic E-state index is 0.0348. The molecule has 4 aromatic rings. The summed E-state index contributed by atoms with van der Waals surface area (Å²) in [5.41, 5.74) is 10.2. The number of nitrogens with two attached hydrogens (primary N) is 2. The molecule has 3 aromatic carbocycles. The zero-order valence-electron chi connectivity index (χ0n) is 18.6. The van der Waals surface area contributed by atoms with Crippen molar-refractivity contribution in [2.24, 2.45) is 5.84 Å². The number of hydrazine groups is 1. The van der Waals surface area contributed by atoms with Gasteiger partial charge in [-0.1, -0.05) is 42.5 Å². The number of nitrogens with zero attached hydrogens (tertiary/aromatic N) is 1. The van der Waals surface area contributed by atoms with E-state index < -0.39 is 23.1 Å². The highest BCUT2D eigenvalue weighted by Gasteiger charge is 2.22. The van der Waals surface area contributed by atoms with Crippen molar-refractivity contribution in [3.8, 4) is 11.3 Å². The molecule has 1 heterocycles. The number of aromatic nitrogens is 1. The molecule has 0 fully saturated rings. The third-order valence-electron chi connectivity index (χ3n) is 5.27. The van der Waals surface area contributed by atoms with Crippen LogP contribution in [0.25, 0.3) is 11.3 Å². The smallest absolute Gasteiger partial charge is 0.261 e. The lowest BCUT2D eigenvalue weighted by atomic mass is 10.0. The standard InChI is InChI=1S/C26H23F2N5O2/c27-20-11-10-19(21-12-13-22(33-30)25(29)32-21)24(28)23(20)26(34)31-18-8-6-17(7-9-18)15-35-14-16-4-2-1-3-5-16/h1-13,33H,14-15,30H2,(H2,29,32)(H,31,34). The Hall–Kier alpha value is -4.34. The fraction of sp³-hybridized carbons (Fsp3) is 0.0769. The van der Waals surface area contributed by atoms with Crippen molar-refractivity contribution in [1.29, 1.82) is 0 Å². The quantitative estimate of drug-likeness (QED) is 0.214. The number of halogens is 2. The Morgan fingerprint density at radius 3 is 2.23 bits per heavy atom. The van der Waals surface area contributed by atoms with E-state index in [1.807, 2.05) is 30.3 Å². The Kier molecular flexibility index (Phi) is 7.30. The van der Waals surface area contributed by atoms with Crippen LogP contribution in [0.1, 0.15) is 21.5 Å². The maximum absolute atomic E-state index is 15.2. The molecule has 178 valence electrons. The number of amides is 1. The van der Waals surface area contributed by atoms with Crippen LogP contribution in [0.15, 0.2) is 78.9 Å². The first-order chi connectivity index (χ1) is 17.0. The van der Waals surface area contributed by atoms with Crippen molar-refractivity contribution >= 4 is 23.1 Å². The average Bonchev–Trinajstić information content (AvgIpc) is 2.86. The Bertz CT molecular complexity index is 1330. The van der Waals surface area contributed by atoms with E-state index in [9.17, 15) is 9.18 Å². The van der Waals surface area contributed by atoms with Gasteiger partial charge in [-0.15, -0.1) is 0 Å². The van der Waals surface area contributed by atoms with Crippen molar-refractivity contribution in [3.63, 3.8) is 0 Å². The lowest BCUT2D eigenvalue weighted by molar-refractivity contribution is 0.101. The summed E-state index contributed by atoms with van der Waals surface area (Å²) in [6.45, 7) is 0.850. The largest absolute Gasteiger partial charge is 0.382 e. The maximum atomic E-state index is 15.2. The summed E-state index contributed by atoms with van der Waals surface area (Å²) in [6.07, 6.45) is 0. The van der Waals surface area contributed by atoms with E-state index in [1.165, 1.54) is 18.2 Å². The van der Waals surface area contributed by atoms with Gasteiger partial charge in [-0.05, 0) is 47.5 Å². The van der Waals surface area contributed by atoms with Gasteiger partial charge in [0.1, 0.15) is 23.0 Å². The Morgan fingerprint density at radius 2 is 1.57 bits per heavy atom. The highest BCUT2D eigenvalue weighted by molar-refractivity contribution is 6.05. The second-order valence-electron chi connectivity index (χ2n) is 7.69. The molecule has 1 amide bonds. The van der Waals surface area contributed by atoms with Crippen molar-refractivity contribution in [1.82, 2.24) is 4.98 Å². The Morgan fingerprint density at radius 1 is 0.886 bits per heavy atom. The van der Waals surface area contributed by atoms with Crippen molar-refractivity contribution in [3.05, 3.63) is 107 Å². The first-order valence-corrected chi connectivity index (χ1v) is 10.7. The second-order valence-corrected chi connectivity index (χ2v) is 7.69. The Labute approximate surface area is 200 Å². The summed E-state index contributed by atoms with van der Waals surface area (Å²) in [7, 11) is 0. The van der Waals surface area contributed by atoms with E-state index in [2.05, 4.69) is 15.7 Å². The number of ether oxygens (including phenoxy) is 1. The van der Waals surface area contributed by atoms with Crippen LogP contribution in [0.4, 0.5) is 26.0 Å². The third kappa shape index (κ3) is 5.60. The molecule has 0 radical (unpaired) electrons. The number of nitrogen functional groups attached to an aromatic ring is 2. The van der Waals surface area contributed by atoms with Crippen LogP contribution in [-0.4, -0.2) is 10.9 Å². The lowest BCUT2D eigenvalue weighted by Gasteiger charge is -2.12. The van der Waals surface area contributed by atoms with Crippen molar-refractivity contribution < 1.29 is 18.3 Å². The molecule has 7 nitrogen and oxygen atoms in total. The van der Waals surface area contributed by atoms with Crippen LogP contribution < -0.4 is 22.3 Å². The number of hydrogen-bond acceptors (Lipinski definition) is 6. The van der Waals surface area contributed by atoms with E-state index >= 15 is 4.39 Å². The molecule has 0 bridgehead atoms. The van der Waals surface area contributed by atoms with Gasteiger partial charge < -0.3 is 21.2 Å². The van der Waals surface area contributed by atoms with Gasteiger partial charge in [-0.2, -0.15) is 0 Å². The van der Waals surface area contributed by atoms with Crippen LogP contribution in [0, 0.1) is 11.6 Å². The monoisotopic (exact) mass is 475 g/mol. The molecule has 0 aliphatic rings. The zero-order valence-corrected chi connectivity index (χ0v) is 18.6. The number of pyridine rings is 1. The van der Waals surface area contributed by atoms with Gasteiger partial charge in [0, 0.05) is 11.3 Å². The van der Waals surface area contributed by atoms with Gasteiger partial charge >= 0.3 is 0 Å². The molecular weight excluding hydrogens is 452 g/mol. The number of carbonyl (C=O) groups excluding carboxylic acids is 1. The summed E-state index contributed by atoms with van der Waals surface area (Å²) < 4.78 is 35.3. The predicted molar refractivity (Wildman–Crippen MR) is 131 cm³/mol. The van der Waals surface area contributed by atoms with E-state index in [0.717, 1.165) is 17.2 Å². The van der Waals surface area contributed by atoms with Gasteiger partial charge in [-0.3, -0.25) is 10.6 Å². The highest BCUT2D eigenvalue weighted by Crippen LogP contribution is 2.28. The number of nitrogens with one attached hydrogen (secondary N) is 2. The number of rotatable bonds is 8. The molecule has 0 aliphatic carbocycles. The third-order valence-corrected chi connectivity index (χ3v) is 5.27. The van der Waals surface area contributed by atoms with Crippen LogP contribution >= 0.6 is 0 Å². The predicted octanol–water partition coefficient (Wildman–Crippen LogP) is 4.86. The topological polar surface area (TPSA) is 115 Å². The second kappa shape index (κ2) is 10.7. The van der Waals surface area contributed by atoms with E-state index in [1.54, 1.807) is 24.3 Å². The normalized spacial score (nSPS) is 10.7. The van der Waals surface area contributed by atoms with E-state index in [-0.39, 0.29) is 17.1 Å². The molecule has 0 saturated heterocycles. The van der Waals surface area contributed by atoms with E-state index in [4.69, 9.17) is 16.3 Å². The number of hydrogen-bond donors (Lipinski definition) is 4. The molecule has 35 heavy (non-hydrogen) atoms. The van der Waals surface area contributed by atoms with Gasteiger partial charge in [-0.25, -0.2) is 13.8 Å². The van der Waals surface area contributed by atoms with Gasteiger partial charge in [0.2, 0.25) is 0 Å². The molecule has 1 aromatic heterocycles. The first-order valence-electron chi connectivity index (χ1n) is 10.7. The molecule has 4 rings (SSSR count).